The zero-order valence-corrected chi connectivity index (χ0v) is 15.0. The number of carbonyl (C=O) groups is 2. The zero-order chi connectivity index (χ0) is 17.0. The first kappa shape index (κ1) is 15.8. The molecule has 4 bridgehead atoms. The van der Waals surface area contributed by atoms with E-state index in [1.54, 1.807) is 0 Å². The highest BCUT2D eigenvalue weighted by Gasteiger charge is 2.55. The van der Waals surface area contributed by atoms with Gasteiger partial charge in [0.05, 0.1) is 0 Å². The van der Waals surface area contributed by atoms with Crippen molar-refractivity contribution in [2.75, 3.05) is 13.1 Å². The molecule has 5 nitrogen and oxygen atoms in total. The number of Topliss-reactive ketones (excluding diaryl/α,β-unsaturated/α-hetero) is 1. The van der Waals surface area contributed by atoms with Crippen LogP contribution in [0.2, 0.25) is 0 Å². The maximum Gasteiger partial charge on any atom is 0.247 e. The summed E-state index contributed by atoms with van der Waals surface area (Å²) in [5, 5.41) is 4.36. The number of piperidine rings is 1. The molecular weight excluding hydrogens is 314 g/mol. The van der Waals surface area contributed by atoms with Gasteiger partial charge in [-0.25, -0.2) is 0 Å². The summed E-state index contributed by atoms with van der Waals surface area (Å²) in [5.41, 5.74) is 3.50. The van der Waals surface area contributed by atoms with Crippen molar-refractivity contribution < 1.29 is 9.59 Å². The monoisotopic (exact) mass is 343 g/mol. The summed E-state index contributed by atoms with van der Waals surface area (Å²) in [7, 11) is 0. The third-order valence-corrected chi connectivity index (χ3v) is 7.50. The number of hydrogen-bond donors (Lipinski definition) is 1. The Labute approximate surface area is 149 Å². The maximum atomic E-state index is 13.3. The Balaban J connectivity index is 1.27. The van der Waals surface area contributed by atoms with E-state index in [0.29, 0.717) is 12.1 Å². The highest BCUT2D eigenvalue weighted by molar-refractivity contribution is 6.42. The molecule has 2 aliphatic heterocycles. The molecule has 0 aromatic rings. The number of hydrogen-bond acceptors (Lipinski definition) is 4. The van der Waals surface area contributed by atoms with Crippen LogP contribution in [-0.2, 0) is 9.59 Å². The minimum atomic E-state index is -0.314. The van der Waals surface area contributed by atoms with Crippen molar-refractivity contribution in [2.24, 2.45) is 28.3 Å². The van der Waals surface area contributed by atoms with E-state index in [-0.39, 0.29) is 23.1 Å². The van der Waals surface area contributed by atoms with Gasteiger partial charge in [-0.15, -0.1) is 0 Å². The van der Waals surface area contributed by atoms with E-state index in [2.05, 4.69) is 10.5 Å². The van der Waals surface area contributed by atoms with Gasteiger partial charge in [0.25, 0.3) is 0 Å². The molecule has 1 N–H and O–H groups in total. The summed E-state index contributed by atoms with van der Waals surface area (Å²) >= 11 is 0. The standard InChI is InChI=1S/C20H29N3O2/c24-18(20-10-13-6-14(11-20)8-15(7-13)12-20)16-9-17(22-21-16)19(25)23-4-2-1-3-5-23/h13-15,17,22H,1-12H2. The van der Waals surface area contributed by atoms with Crippen LogP contribution in [0.25, 0.3) is 0 Å². The van der Waals surface area contributed by atoms with E-state index in [0.717, 1.165) is 62.9 Å². The summed E-state index contributed by atoms with van der Waals surface area (Å²) in [5.74, 6) is 2.69. The molecule has 2 heterocycles. The van der Waals surface area contributed by atoms with Gasteiger partial charge in [0.1, 0.15) is 11.8 Å². The number of nitrogens with zero attached hydrogens (tertiary/aromatic N) is 2. The molecule has 136 valence electrons. The second-order valence-electron chi connectivity index (χ2n) is 9.36. The Morgan fingerprint density at radius 3 is 2.16 bits per heavy atom. The molecule has 5 heteroatoms. The largest absolute Gasteiger partial charge is 0.341 e. The van der Waals surface area contributed by atoms with Crippen molar-refractivity contribution in [3.8, 4) is 0 Å². The second kappa shape index (κ2) is 5.82. The minimum Gasteiger partial charge on any atom is -0.341 e. The van der Waals surface area contributed by atoms with Crippen LogP contribution < -0.4 is 5.43 Å². The topological polar surface area (TPSA) is 61.8 Å². The smallest absolute Gasteiger partial charge is 0.247 e. The second-order valence-corrected chi connectivity index (χ2v) is 9.36. The Morgan fingerprint density at radius 2 is 1.56 bits per heavy atom. The van der Waals surface area contributed by atoms with E-state index in [1.807, 2.05) is 4.90 Å². The number of carbonyl (C=O) groups excluding carboxylic acids is 2. The lowest BCUT2D eigenvalue weighted by atomic mass is 9.48. The Bertz CT molecular complexity index is 585. The van der Waals surface area contributed by atoms with Crippen molar-refractivity contribution >= 4 is 17.4 Å². The van der Waals surface area contributed by atoms with Gasteiger partial charge in [-0.2, -0.15) is 5.10 Å². The quantitative estimate of drug-likeness (QED) is 0.856. The number of rotatable bonds is 3. The van der Waals surface area contributed by atoms with E-state index in [4.69, 9.17) is 0 Å². The molecule has 0 aromatic heterocycles. The van der Waals surface area contributed by atoms with E-state index in [9.17, 15) is 9.59 Å². The van der Waals surface area contributed by atoms with Gasteiger partial charge < -0.3 is 4.90 Å². The molecule has 1 saturated heterocycles. The van der Waals surface area contributed by atoms with Crippen LogP contribution in [0.5, 0.6) is 0 Å². The predicted molar refractivity (Wildman–Crippen MR) is 95.0 cm³/mol. The fraction of sp³-hybridized carbons (Fsp3) is 0.850. The first-order valence-electron chi connectivity index (χ1n) is 10.3. The van der Waals surface area contributed by atoms with Crippen molar-refractivity contribution in [3.63, 3.8) is 0 Å². The molecule has 25 heavy (non-hydrogen) atoms. The summed E-state index contributed by atoms with van der Waals surface area (Å²) in [6.07, 6.45) is 11.1. The number of ketones is 1. The molecule has 1 amide bonds. The molecular formula is C20H29N3O2. The van der Waals surface area contributed by atoms with Crippen molar-refractivity contribution in [2.45, 2.75) is 70.3 Å². The molecule has 4 saturated carbocycles. The molecule has 6 aliphatic rings. The van der Waals surface area contributed by atoms with E-state index >= 15 is 0 Å². The predicted octanol–water partition coefficient (Wildman–Crippen LogP) is 2.50. The highest BCUT2D eigenvalue weighted by Crippen LogP contribution is 2.60. The molecule has 0 radical (unpaired) electrons. The third kappa shape index (κ3) is 2.61. The van der Waals surface area contributed by atoms with Crippen LogP contribution >= 0.6 is 0 Å². The molecule has 0 aromatic carbocycles. The lowest BCUT2D eigenvalue weighted by Crippen LogP contribution is -2.52. The van der Waals surface area contributed by atoms with Crippen molar-refractivity contribution in [1.82, 2.24) is 10.3 Å². The van der Waals surface area contributed by atoms with Gasteiger partial charge in [-0.1, -0.05) is 0 Å². The average Bonchev–Trinajstić information content (AvgIpc) is 3.10. The molecule has 0 spiro atoms. The molecule has 1 unspecified atom stereocenters. The van der Waals surface area contributed by atoms with E-state index in [1.165, 1.54) is 25.7 Å². The first-order valence-corrected chi connectivity index (χ1v) is 10.3. The minimum absolute atomic E-state index is 0.136. The first-order chi connectivity index (χ1) is 12.1. The number of amides is 1. The lowest BCUT2D eigenvalue weighted by Gasteiger charge is -2.55. The SMILES string of the molecule is O=C(C1CC(C(=O)C23CC4CC(CC(C4)C2)C3)=NN1)N1CCCCC1. The summed E-state index contributed by atoms with van der Waals surface area (Å²) in [6, 6.07) is -0.314. The summed E-state index contributed by atoms with van der Waals surface area (Å²) in [4.78, 5) is 28.0. The van der Waals surface area contributed by atoms with Crippen LogP contribution in [-0.4, -0.2) is 41.4 Å². The number of nitrogens with one attached hydrogen (secondary N) is 1. The number of likely N-dealkylation sites (tertiary alicyclic amines) is 1. The molecule has 5 fully saturated rings. The molecule has 4 aliphatic carbocycles. The highest BCUT2D eigenvalue weighted by atomic mass is 16.2. The fourth-order valence-corrected chi connectivity index (χ4v) is 6.76. The van der Waals surface area contributed by atoms with Gasteiger partial charge in [-0.05, 0) is 75.5 Å². The molecule has 6 rings (SSSR count). The summed E-state index contributed by atoms with van der Waals surface area (Å²) in [6.45, 7) is 1.71. The average molecular weight is 343 g/mol. The van der Waals surface area contributed by atoms with Crippen LogP contribution in [0, 0.1) is 23.2 Å². The van der Waals surface area contributed by atoms with Gasteiger partial charge in [-0.3, -0.25) is 15.0 Å². The Hall–Kier alpha value is -1.39. The lowest BCUT2D eigenvalue weighted by molar-refractivity contribution is -0.136. The third-order valence-electron chi connectivity index (χ3n) is 7.50. The van der Waals surface area contributed by atoms with Crippen molar-refractivity contribution in [3.05, 3.63) is 0 Å². The normalized spacial score (nSPS) is 42.2. The zero-order valence-electron chi connectivity index (χ0n) is 15.0. The van der Waals surface area contributed by atoms with Crippen LogP contribution in [0.3, 0.4) is 0 Å². The Morgan fingerprint density at radius 1 is 0.960 bits per heavy atom. The van der Waals surface area contributed by atoms with Gasteiger partial charge >= 0.3 is 0 Å². The fourth-order valence-electron chi connectivity index (χ4n) is 6.76. The maximum absolute atomic E-state index is 13.3. The van der Waals surface area contributed by atoms with Gasteiger partial charge in [0.15, 0.2) is 5.78 Å². The van der Waals surface area contributed by atoms with Crippen LogP contribution in [0.1, 0.15) is 64.2 Å². The number of hydrazone groups is 1. The van der Waals surface area contributed by atoms with Gasteiger partial charge in [0, 0.05) is 24.9 Å². The van der Waals surface area contributed by atoms with E-state index < -0.39 is 0 Å². The van der Waals surface area contributed by atoms with Crippen LogP contribution in [0.4, 0.5) is 0 Å². The van der Waals surface area contributed by atoms with Crippen LogP contribution in [0.15, 0.2) is 5.10 Å². The molecule has 1 atom stereocenters. The van der Waals surface area contributed by atoms with Gasteiger partial charge in [0.2, 0.25) is 5.91 Å². The summed E-state index contributed by atoms with van der Waals surface area (Å²) < 4.78 is 0. The Kier molecular flexibility index (Phi) is 3.68. The van der Waals surface area contributed by atoms with Crippen molar-refractivity contribution in [1.29, 1.82) is 0 Å².